The average molecular weight is 283 g/mol. The molecule has 0 N–H and O–H groups in total. The minimum absolute atomic E-state index is 0.233. The fraction of sp³-hybridized carbons (Fsp3) is 0.643. The van der Waals surface area contributed by atoms with Gasteiger partial charge >= 0.3 is 12.1 Å². The SMILES string of the molecule is C=CC[C@@H]1C[C@@H](C(=O)OC)N(C(=O)OC(C)(C)C)C1=O. The first kappa shape index (κ1) is 16.2. The number of methoxy groups -OCH3 is 1. The summed E-state index contributed by atoms with van der Waals surface area (Å²) in [6, 6.07) is -0.924. The number of imide groups is 1. The number of nitrogens with zero attached hydrogens (tertiary/aromatic N) is 1. The van der Waals surface area contributed by atoms with E-state index in [1.165, 1.54) is 7.11 Å². The molecule has 0 radical (unpaired) electrons. The van der Waals surface area contributed by atoms with E-state index in [1.807, 2.05) is 0 Å². The van der Waals surface area contributed by atoms with Crippen LogP contribution >= 0.6 is 0 Å². The Bertz CT molecular complexity index is 424. The van der Waals surface area contributed by atoms with E-state index in [2.05, 4.69) is 11.3 Å². The first-order valence-corrected chi connectivity index (χ1v) is 6.46. The third kappa shape index (κ3) is 3.59. The van der Waals surface area contributed by atoms with E-state index >= 15 is 0 Å². The molecule has 0 aromatic carbocycles. The number of hydrogen-bond acceptors (Lipinski definition) is 5. The zero-order valence-electron chi connectivity index (χ0n) is 12.3. The lowest BCUT2D eigenvalue weighted by molar-refractivity contribution is -0.148. The van der Waals surface area contributed by atoms with Gasteiger partial charge in [0.1, 0.15) is 11.6 Å². The van der Waals surface area contributed by atoms with Crippen molar-refractivity contribution in [3.05, 3.63) is 12.7 Å². The van der Waals surface area contributed by atoms with Crippen LogP contribution in [0.3, 0.4) is 0 Å². The Morgan fingerprint density at radius 3 is 2.50 bits per heavy atom. The van der Waals surface area contributed by atoms with Gasteiger partial charge in [-0.1, -0.05) is 6.08 Å². The van der Waals surface area contributed by atoms with Gasteiger partial charge in [-0.15, -0.1) is 6.58 Å². The molecule has 0 bridgehead atoms. The van der Waals surface area contributed by atoms with Gasteiger partial charge in [0.05, 0.1) is 7.11 Å². The normalized spacial score (nSPS) is 22.6. The Balaban J connectivity index is 2.98. The molecule has 1 saturated heterocycles. The van der Waals surface area contributed by atoms with Crippen molar-refractivity contribution in [2.75, 3.05) is 7.11 Å². The number of allylic oxidation sites excluding steroid dienone is 1. The Hall–Kier alpha value is -1.85. The highest BCUT2D eigenvalue weighted by molar-refractivity contribution is 6.00. The zero-order chi connectivity index (χ0) is 15.5. The highest BCUT2D eigenvalue weighted by Crippen LogP contribution is 2.29. The smallest absolute Gasteiger partial charge is 0.417 e. The highest BCUT2D eigenvalue weighted by atomic mass is 16.6. The van der Waals surface area contributed by atoms with Crippen LogP contribution in [0.25, 0.3) is 0 Å². The lowest BCUT2D eigenvalue weighted by Gasteiger charge is -2.26. The van der Waals surface area contributed by atoms with Crippen molar-refractivity contribution in [3.8, 4) is 0 Å². The summed E-state index contributed by atoms with van der Waals surface area (Å²) in [5, 5.41) is 0. The van der Waals surface area contributed by atoms with E-state index in [4.69, 9.17) is 4.74 Å². The minimum atomic E-state index is -0.924. The maximum absolute atomic E-state index is 12.2. The van der Waals surface area contributed by atoms with E-state index in [0.717, 1.165) is 4.90 Å². The standard InChI is InChI=1S/C14H21NO5/c1-6-7-9-8-10(12(17)19-5)15(11(9)16)13(18)20-14(2,3)4/h6,9-10H,1,7-8H2,2-5H3/t9-,10+/m1/s1. The molecule has 112 valence electrons. The molecule has 20 heavy (non-hydrogen) atoms. The van der Waals surface area contributed by atoms with Gasteiger partial charge < -0.3 is 9.47 Å². The zero-order valence-corrected chi connectivity index (χ0v) is 12.3. The van der Waals surface area contributed by atoms with Crippen LogP contribution in [0.1, 0.15) is 33.6 Å². The van der Waals surface area contributed by atoms with Crippen LogP contribution in [0, 0.1) is 5.92 Å². The van der Waals surface area contributed by atoms with Crippen LogP contribution in [0.15, 0.2) is 12.7 Å². The lowest BCUT2D eigenvalue weighted by atomic mass is 10.0. The summed E-state index contributed by atoms with van der Waals surface area (Å²) in [6.07, 6.45) is 1.42. The van der Waals surface area contributed by atoms with Crippen LogP contribution in [0.5, 0.6) is 0 Å². The fourth-order valence-electron chi connectivity index (χ4n) is 2.09. The number of likely N-dealkylation sites (tertiary alicyclic amines) is 1. The molecule has 1 heterocycles. The Morgan fingerprint density at radius 1 is 1.45 bits per heavy atom. The Labute approximate surface area is 118 Å². The third-order valence-electron chi connectivity index (χ3n) is 2.92. The van der Waals surface area contributed by atoms with Crippen molar-refractivity contribution in [3.63, 3.8) is 0 Å². The number of hydrogen-bond donors (Lipinski definition) is 0. The minimum Gasteiger partial charge on any atom is -0.467 e. The molecule has 0 spiro atoms. The number of ether oxygens (including phenoxy) is 2. The van der Waals surface area contributed by atoms with Gasteiger partial charge in [0, 0.05) is 5.92 Å². The second kappa shape index (κ2) is 6.07. The van der Waals surface area contributed by atoms with E-state index < -0.39 is 35.5 Å². The van der Waals surface area contributed by atoms with Crippen LogP contribution in [0.4, 0.5) is 4.79 Å². The summed E-state index contributed by atoms with van der Waals surface area (Å²) >= 11 is 0. The summed E-state index contributed by atoms with van der Waals surface area (Å²) < 4.78 is 9.83. The van der Waals surface area contributed by atoms with Gasteiger partial charge in [0.25, 0.3) is 0 Å². The number of esters is 1. The number of carbonyl (C=O) groups excluding carboxylic acids is 3. The number of rotatable bonds is 3. The molecule has 1 aliphatic heterocycles. The molecule has 2 amide bonds. The second-order valence-electron chi connectivity index (χ2n) is 5.68. The number of amides is 2. The van der Waals surface area contributed by atoms with Crippen LogP contribution in [-0.2, 0) is 19.1 Å². The van der Waals surface area contributed by atoms with Crippen molar-refractivity contribution in [1.29, 1.82) is 0 Å². The topological polar surface area (TPSA) is 72.9 Å². The Morgan fingerprint density at radius 2 is 2.05 bits per heavy atom. The molecule has 0 saturated carbocycles. The largest absolute Gasteiger partial charge is 0.467 e. The van der Waals surface area contributed by atoms with Crippen molar-refractivity contribution in [1.82, 2.24) is 4.90 Å². The van der Waals surface area contributed by atoms with Gasteiger partial charge in [-0.3, -0.25) is 4.79 Å². The summed E-state index contributed by atoms with van der Waals surface area (Å²) in [5.74, 6) is -1.48. The Kier molecular flexibility index (Phi) is 4.92. The predicted octanol–water partition coefficient (Wildman–Crippen LogP) is 1.89. The molecule has 1 rings (SSSR count). The fourth-order valence-corrected chi connectivity index (χ4v) is 2.09. The summed E-state index contributed by atoms with van der Waals surface area (Å²) in [7, 11) is 1.22. The first-order chi connectivity index (χ1) is 9.21. The van der Waals surface area contributed by atoms with Gasteiger partial charge in [-0.05, 0) is 33.6 Å². The van der Waals surface area contributed by atoms with Crippen molar-refractivity contribution < 1.29 is 23.9 Å². The van der Waals surface area contributed by atoms with E-state index in [1.54, 1.807) is 26.8 Å². The van der Waals surface area contributed by atoms with Crippen LogP contribution in [-0.4, -0.2) is 41.6 Å². The van der Waals surface area contributed by atoms with E-state index in [0.29, 0.717) is 6.42 Å². The summed E-state index contributed by atoms with van der Waals surface area (Å²) in [4.78, 5) is 36.9. The molecule has 0 aliphatic carbocycles. The maximum atomic E-state index is 12.2. The van der Waals surface area contributed by atoms with Crippen LogP contribution in [0.2, 0.25) is 0 Å². The monoisotopic (exact) mass is 283 g/mol. The second-order valence-corrected chi connectivity index (χ2v) is 5.68. The summed E-state index contributed by atoms with van der Waals surface area (Å²) in [6.45, 7) is 8.66. The van der Waals surface area contributed by atoms with Gasteiger partial charge in [0.2, 0.25) is 5.91 Å². The van der Waals surface area contributed by atoms with Gasteiger partial charge in [-0.2, -0.15) is 0 Å². The molecule has 2 atom stereocenters. The van der Waals surface area contributed by atoms with Gasteiger partial charge in [0.15, 0.2) is 0 Å². The summed E-state index contributed by atoms with van der Waals surface area (Å²) in [5.41, 5.74) is -0.742. The first-order valence-electron chi connectivity index (χ1n) is 6.46. The predicted molar refractivity (Wildman–Crippen MR) is 71.8 cm³/mol. The lowest BCUT2D eigenvalue weighted by Crippen LogP contribution is -2.46. The molecule has 1 aliphatic rings. The molecular weight excluding hydrogens is 262 g/mol. The maximum Gasteiger partial charge on any atom is 0.417 e. The van der Waals surface area contributed by atoms with Gasteiger partial charge in [-0.25, -0.2) is 14.5 Å². The van der Waals surface area contributed by atoms with Crippen molar-refractivity contribution in [2.24, 2.45) is 5.92 Å². The molecule has 1 fully saturated rings. The number of carbonyl (C=O) groups is 3. The molecular formula is C14H21NO5. The molecule has 0 aromatic heterocycles. The molecule has 6 nitrogen and oxygen atoms in total. The molecule has 0 unspecified atom stereocenters. The van der Waals surface area contributed by atoms with Crippen molar-refractivity contribution >= 4 is 18.0 Å². The highest BCUT2D eigenvalue weighted by Gasteiger charge is 2.48. The van der Waals surface area contributed by atoms with E-state index in [-0.39, 0.29) is 6.42 Å². The quantitative estimate of drug-likeness (QED) is 0.584. The third-order valence-corrected chi connectivity index (χ3v) is 2.92. The molecule has 6 heteroatoms. The van der Waals surface area contributed by atoms with Crippen molar-refractivity contribution in [2.45, 2.75) is 45.3 Å². The average Bonchev–Trinajstić information content (AvgIpc) is 2.64. The van der Waals surface area contributed by atoms with E-state index in [9.17, 15) is 14.4 Å². The van der Waals surface area contributed by atoms with Crippen LogP contribution < -0.4 is 0 Å². The molecule has 0 aromatic rings.